The molecule has 2 heterocycles. The van der Waals surface area contributed by atoms with Crippen LogP contribution in [0.5, 0.6) is 0 Å². The molecule has 0 saturated heterocycles. The molecule has 4 rings (SSSR count). The molecule has 1 N–H and O–H groups in total. The second-order valence-electron chi connectivity index (χ2n) is 6.95. The van der Waals surface area contributed by atoms with Crippen LogP contribution in [0, 0.1) is 13.8 Å². The van der Waals surface area contributed by atoms with Crippen LogP contribution < -0.4 is 10.9 Å². The maximum atomic E-state index is 13.0. The number of aromatic nitrogens is 4. The van der Waals surface area contributed by atoms with Crippen molar-refractivity contribution in [1.82, 2.24) is 19.6 Å². The largest absolute Gasteiger partial charge is 0.325 e. The number of nitrogens with zero attached hydrogens (tertiary/aromatic N) is 4. The lowest BCUT2D eigenvalue weighted by molar-refractivity contribution is -0.116. The molecule has 0 aliphatic carbocycles. The van der Waals surface area contributed by atoms with Gasteiger partial charge in [0.15, 0.2) is 5.52 Å². The van der Waals surface area contributed by atoms with Gasteiger partial charge in [0.1, 0.15) is 0 Å². The van der Waals surface area contributed by atoms with Crippen LogP contribution in [0.4, 0.5) is 5.69 Å². The molecule has 0 spiro atoms. The Hall–Kier alpha value is -3.45. The summed E-state index contributed by atoms with van der Waals surface area (Å²) in [5, 5.41) is 12.9. The van der Waals surface area contributed by atoms with E-state index < -0.39 is 0 Å². The fraction of sp³-hybridized carbons (Fsp3) is 0.182. The molecule has 0 radical (unpaired) electrons. The van der Waals surface area contributed by atoms with E-state index in [0.29, 0.717) is 21.9 Å². The predicted octanol–water partition coefficient (Wildman–Crippen LogP) is 3.88. The van der Waals surface area contributed by atoms with E-state index in [-0.39, 0.29) is 24.4 Å². The average molecular weight is 422 g/mol. The molecular weight excluding hydrogens is 402 g/mol. The second-order valence-corrected chi connectivity index (χ2v) is 7.36. The number of aryl methyl sites for hydroxylation is 3. The number of anilines is 1. The van der Waals surface area contributed by atoms with Crippen LogP contribution in [0.25, 0.3) is 16.6 Å². The van der Waals surface area contributed by atoms with Gasteiger partial charge in [0.25, 0.3) is 5.56 Å². The first kappa shape index (κ1) is 19.8. The number of hydrogen-bond acceptors (Lipinski definition) is 4. The number of hydrogen-bond donors (Lipinski definition) is 1. The standard InChI is InChI=1S/C22H20ClN5O2/c1-14-20-15(2)28(16-8-4-3-5-9-16)26-21(20)22(30)27(25-14)13-12-19(29)24-18-11-7-6-10-17(18)23/h3-11H,12-13H2,1-2H3,(H,24,29). The minimum Gasteiger partial charge on any atom is -0.325 e. The number of rotatable bonds is 5. The topological polar surface area (TPSA) is 81.8 Å². The summed E-state index contributed by atoms with van der Waals surface area (Å²) in [7, 11) is 0. The Morgan fingerprint density at radius 3 is 2.47 bits per heavy atom. The van der Waals surface area contributed by atoms with Crippen molar-refractivity contribution in [1.29, 1.82) is 0 Å². The van der Waals surface area contributed by atoms with Crippen LogP contribution >= 0.6 is 11.6 Å². The van der Waals surface area contributed by atoms with Gasteiger partial charge in [-0.2, -0.15) is 10.2 Å². The van der Waals surface area contributed by atoms with Gasteiger partial charge in [0, 0.05) is 6.42 Å². The summed E-state index contributed by atoms with van der Waals surface area (Å²) in [6, 6.07) is 16.6. The van der Waals surface area contributed by atoms with Crippen molar-refractivity contribution in [2.45, 2.75) is 26.8 Å². The molecule has 30 heavy (non-hydrogen) atoms. The van der Waals surface area contributed by atoms with E-state index in [4.69, 9.17) is 11.6 Å². The van der Waals surface area contributed by atoms with E-state index in [1.807, 2.05) is 44.2 Å². The number of halogens is 1. The zero-order valence-electron chi connectivity index (χ0n) is 16.6. The van der Waals surface area contributed by atoms with Gasteiger partial charge < -0.3 is 5.32 Å². The van der Waals surface area contributed by atoms with E-state index in [1.54, 1.807) is 28.9 Å². The smallest absolute Gasteiger partial charge is 0.295 e. The van der Waals surface area contributed by atoms with Gasteiger partial charge >= 0.3 is 0 Å². The highest BCUT2D eigenvalue weighted by molar-refractivity contribution is 6.33. The number of benzene rings is 2. The Balaban J connectivity index is 1.61. The molecule has 0 aliphatic heterocycles. The van der Waals surface area contributed by atoms with Crippen LogP contribution in [0.2, 0.25) is 5.02 Å². The van der Waals surface area contributed by atoms with Crippen LogP contribution in [0.3, 0.4) is 0 Å². The van der Waals surface area contributed by atoms with E-state index in [0.717, 1.165) is 16.8 Å². The Kier molecular flexibility index (Phi) is 5.37. The predicted molar refractivity (Wildman–Crippen MR) is 117 cm³/mol. The van der Waals surface area contributed by atoms with Crippen LogP contribution in [-0.4, -0.2) is 25.5 Å². The third kappa shape index (κ3) is 3.71. The lowest BCUT2D eigenvalue weighted by atomic mass is 10.2. The molecule has 0 fully saturated rings. The maximum absolute atomic E-state index is 13.0. The quantitative estimate of drug-likeness (QED) is 0.530. The minimum atomic E-state index is -0.320. The molecule has 0 unspecified atom stereocenters. The normalized spacial score (nSPS) is 11.0. The summed E-state index contributed by atoms with van der Waals surface area (Å²) in [6.07, 6.45) is 0.0848. The van der Waals surface area contributed by atoms with Crippen molar-refractivity contribution in [3.05, 3.63) is 81.4 Å². The molecule has 0 aliphatic rings. The molecule has 2 aromatic heterocycles. The van der Waals surface area contributed by atoms with Gasteiger partial charge in [-0.1, -0.05) is 41.9 Å². The zero-order valence-corrected chi connectivity index (χ0v) is 17.3. The molecule has 8 heteroatoms. The molecular formula is C22H20ClN5O2. The number of para-hydroxylation sites is 2. The van der Waals surface area contributed by atoms with E-state index in [2.05, 4.69) is 15.5 Å². The van der Waals surface area contributed by atoms with Crippen molar-refractivity contribution >= 4 is 34.1 Å². The van der Waals surface area contributed by atoms with E-state index in [1.165, 1.54) is 4.68 Å². The van der Waals surface area contributed by atoms with Gasteiger partial charge in [0.2, 0.25) is 5.91 Å². The van der Waals surface area contributed by atoms with Crippen molar-refractivity contribution in [3.8, 4) is 5.69 Å². The molecule has 0 atom stereocenters. The Morgan fingerprint density at radius 2 is 1.73 bits per heavy atom. The molecule has 0 saturated carbocycles. The van der Waals surface area contributed by atoms with Crippen molar-refractivity contribution in [2.75, 3.05) is 5.32 Å². The van der Waals surface area contributed by atoms with Crippen molar-refractivity contribution in [3.63, 3.8) is 0 Å². The summed E-state index contributed by atoms with van der Waals surface area (Å²) < 4.78 is 3.04. The Morgan fingerprint density at radius 1 is 1.03 bits per heavy atom. The molecule has 2 aromatic carbocycles. The third-order valence-electron chi connectivity index (χ3n) is 4.89. The summed E-state index contributed by atoms with van der Waals surface area (Å²) in [5.41, 5.74) is 2.97. The molecule has 4 aromatic rings. The van der Waals surface area contributed by atoms with E-state index in [9.17, 15) is 9.59 Å². The molecule has 7 nitrogen and oxygen atoms in total. The van der Waals surface area contributed by atoms with Crippen molar-refractivity contribution < 1.29 is 4.79 Å². The number of carbonyl (C=O) groups excluding carboxylic acids is 1. The summed E-state index contributed by atoms with van der Waals surface area (Å²) in [5.74, 6) is -0.249. The average Bonchev–Trinajstić information content (AvgIpc) is 3.10. The first-order valence-electron chi connectivity index (χ1n) is 9.52. The highest BCUT2D eigenvalue weighted by Crippen LogP contribution is 2.22. The second kappa shape index (κ2) is 8.12. The van der Waals surface area contributed by atoms with Gasteiger partial charge in [-0.15, -0.1) is 0 Å². The monoisotopic (exact) mass is 421 g/mol. The van der Waals surface area contributed by atoms with Crippen LogP contribution in [0.15, 0.2) is 59.4 Å². The van der Waals surface area contributed by atoms with Gasteiger partial charge in [-0.05, 0) is 38.1 Å². The Bertz CT molecular complexity index is 1290. The van der Waals surface area contributed by atoms with Gasteiger partial charge in [0.05, 0.1) is 39.7 Å². The summed E-state index contributed by atoms with van der Waals surface area (Å²) in [4.78, 5) is 25.3. The fourth-order valence-corrected chi connectivity index (χ4v) is 3.62. The first-order chi connectivity index (χ1) is 14.5. The Labute approximate surface area is 177 Å². The third-order valence-corrected chi connectivity index (χ3v) is 5.21. The summed E-state index contributed by atoms with van der Waals surface area (Å²) >= 11 is 6.07. The number of carbonyl (C=O) groups is 1. The van der Waals surface area contributed by atoms with Gasteiger partial charge in [-0.25, -0.2) is 9.36 Å². The number of nitrogens with one attached hydrogen (secondary N) is 1. The number of amides is 1. The number of fused-ring (bicyclic) bond motifs is 1. The lowest BCUT2D eigenvalue weighted by Gasteiger charge is -2.08. The highest BCUT2D eigenvalue weighted by Gasteiger charge is 2.18. The molecule has 0 bridgehead atoms. The first-order valence-corrected chi connectivity index (χ1v) is 9.90. The van der Waals surface area contributed by atoms with E-state index >= 15 is 0 Å². The van der Waals surface area contributed by atoms with Crippen LogP contribution in [-0.2, 0) is 11.3 Å². The van der Waals surface area contributed by atoms with Crippen molar-refractivity contribution in [2.24, 2.45) is 0 Å². The SMILES string of the molecule is Cc1nn(CCC(=O)Nc2ccccc2Cl)c(=O)c2nn(-c3ccccc3)c(C)c12. The van der Waals surface area contributed by atoms with Gasteiger partial charge in [-0.3, -0.25) is 9.59 Å². The maximum Gasteiger partial charge on any atom is 0.295 e. The minimum absolute atomic E-state index is 0.0848. The molecule has 1 amide bonds. The lowest BCUT2D eigenvalue weighted by Crippen LogP contribution is -2.26. The highest BCUT2D eigenvalue weighted by atomic mass is 35.5. The van der Waals surface area contributed by atoms with Crippen LogP contribution in [0.1, 0.15) is 17.8 Å². The molecule has 152 valence electrons. The zero-order chi connectivity index (χ0) is 21.3. The summed E-state index contributed by atoms with van der Waals surface area (Å²) in [6.45, 7) is 3.90. The fourth-order valence-electron chi connectivity index (χ4n) is 3.44.